The van der Waals surface area contributed by atoms with Crippen molar-refractivity contribution in [3.05, 3.63) is 62.6 Å². The largest absolute Gasteiger partial charge is 0.497 e. The molecule has 0 aliphatic heterocycles. The minimum atomic E-state index is -0.701. The van der Waals surface area contributed by atoms with Gasteiger partial charge >= 0.3 is 0 Å². The Hall–Kier alpha value is -2.12. The van der Waals surface area contributed by atoms with E-state index in [2.05, 4.69) is 21.2 Å². The number of non-ortho nitro benzene ring substituents is 1. The van der Waals surface area contributed by atoms with Crippen molar-refractivity contribution in [2.75, 3.05) is 19.0 Å². The van der Waals surface area contributed by atoms with Crippen LogP contribution in [0, 0.1) is 10.1 Å². The van der Waals surface area contributed by atoms with Gasteiger partial charge in [-0.25, -0.2) is 0 Å². The molecule has 2 aromatic carbocycles. The van der Waals surface area contributed by atoms with Crippen LogP contribution in [0.5, 0.6) is 5.75 Å². The Balaban J connectivity index is 2.01. The number of nitrogens with zero attached hydrogens (tertiary/aromatic N) is 1. The minimum Gasteiger partial charge on any atom is -0.497 e. The van der Waals surface area contributed by atoms with Gasteiger partial charge in [0.05, 0.1) is 18.1 Å². The quantitative estimate of drug-likeness (QED) is 0.603. The molecule has 0 aliphatic rings. The minimum absolute atomic E-state index is 0.00753. The van der Waals surface area contributed by atoms with Crippen LogP contribution in [0.1, 0.15) is 11.7 Å². The zero-order chi connectivity index (χ0) is 16.1. The van der Waals surface area contributed by atoms with Gasteiger partial charge in [-0.2, -0.15) is 0 Å². The topological polar surface area (TPSA) is 84.6 Å². The summed E-state index contributed by atoms with van der Waals surface area (Å²) in [5.41, 5.74) is 1.44. The lowest BCUT2D eigenvalue weighted by molar-refractivity contribution is -0.384. The maximum Gasteiger partial charge on any atom is 0.270 e. The average Bonchev–Trinajstić information content (AvgIpc) is 2.53. The highest BCUT2D eigenvalue weighted by molar-refractivity contribution is 9.10. The van der Waals surface area contributed by atoms with Crippen molar-refractivity contribution in [3.8, 4) is 5.75 Å². The third kappa shape index (κ3) is 3.96. The van der Waals surface area contributed by atoms with E-state index in [1.54, 1.807) is 37.4 Å². The maximum atomic E-state index is 10.7. The standard InChI is InChI=1S/C15H15BrN2O4/c1-22-12-5-2-10(3-6-12)15(19)9-17-14-7-4-11(18(20)21)8-13(14)16/h2-8,15,17,19H,9H2,1H3. The number of methoxy groups -OCH3 is 1. The molecule has 0 radical (unpaired) electrons. The molecule has 0 saturated carbocycles. The Morgan fingerprint density at radius 1 is 1.32 bits per heavy atom. The lowest BCUT2D eigenvalue weighted by Crippen LogP contribution is -2.12. The van der Waals surface area contributed by atoms with E-state index < -0.39 is 11.0 Å². The number of aliphatic hydroxyl groups excluding tert-OH is 1. The van der Waals surface area contributed by atoms with Crippen molar-refractivity contribution >= 4 is 27.3 Å². The summed E-state index contributed by atoms with van der Waals surface area (Å²) >= 11 is 3.28. The van der Waals surface area contributed by atoms with Gasteiger partial charge in [0, 0.05) is 28.8 Å². The number of nitrogens with one attached hydrogen (secondary N) is 1. The zero-order valence-electron chi connectivity index (χ0n) is 11.8. The molecule has 1 atom stereocenters. The molecule has 22 heavy (non-hydrogen) atoms. The van der Waals surface area contributed by atoms with Gasteiger partial charge in [-0.3, -0.25) is 10.1 Å². The molecule has 0 fully saturated rings. The van der Waals surface area contributed by atoms with Gasteiger partial charge in [0.1, 0.15) is 5.75 Å². The van der Waals surface area contributed by atoms with Gasteiger partial charge in [-0.05, 0) is 39.7 Å². The predicted molar refractivity (Wildman–Crippen MR) is 87.2 cm³/mol. The molecule has 0 amide bonds. The first-order chi connectivity index (χ1) is 10.5. The Bertz CT molecular complexity index is 661. The van der Waals surface area contributed by atoms with Gasteiger partial charge in [0.2, 0.25) is 0 Å². The van der Waals surface area contributed by atoms with Crippen LogP contribution >= 0.6 is 15.9 Å². The fourth-order valence-electron chi connectivity index (χ4n) is 1.91. The number of hydrogen-bond donors (Lipinski definition) is 2. The van der Waals surface area contributed by atoms with Crippen molar-refractivity contribution in [2.24, 2.45) is 0 Å². The molecule has 0 bridgehead atoms. The number of ether oxygens (including phenoxy) is 1. The SMILES string of the molecule is COc1ccc(C(O)CNc2ccc([N+](=O)[O-])cc2Br)cc1. The van der Waals surface area contributed by atoms with E-state index in [4.69, 9.17) is 4.74 Å². The van der Waals surface area contributed by atoms with Crippen molar-refractivity contribution < 1.29 is 14.8 Å². The lowest BCUT2D eigenvalue weighted by atomic mass is 10.1. The molecule has 7 heteroatoms. The molecule has 2 rings (SSSR count). The molecular weight excluding hydrogens is 352 g/mol. The number of aliphatic hydroxyl groups is 1. The van der Waals surface area contributed by atoms with Gasteiger partial charge in [0.15, 0.2) is 0 Å². The summed E-state index contributed by atoms with van der Waals surface area (Å²) in [6.45, 7) is 0.280. The normalized spacial score (nSPS) is 11.8. The van der Waals surface area contributed by atoms with Crippen molar-refractivity contribution in [3.63, 3.8) is 0 Å². The monoisotopic (exact) mass is 366 g/mol. The molecule has 0 saturated heterocycles. The number of benzene rings is 2. The van der Waals surface area contributed by atoms with Crippen molar-refractivity contribution in [1.29, 1.82) is 0 Å². The number of anilines is 1. The fourth-order valence-corrected chi connectivity index (χ4v) is 2.42. The molecule has 0 spiro atoms. The molecule has 2 N–H and O–H groups in total. The number of nitro benzene ring substituents is 1. The van der Waals surface area contributed by atoms with Gasteiger partial charge in [0.25, 0.3) is 5.69 Å². The summed E-state index contributed by atoms with van der Waals surface area (Å²) in [7, 11) is 1.58. The highest BCUT2D eigenvalue weighted by atomic mass is 79.9. The van der Waals surface area contributed by atoms with E-state index in [9.17, 15) is 15.2 Å². The van der Waals surface area contributed by atoms with Gasteiger partial charge < -0.3 is 15.2 Å². The van der Waals surface area contributed by atoms with Crippen LogP contribution in [-0.4, -0.2) is 23.7 Å². The van der Waals surface area contributed by atoms with E-state index in [1.165, 1.54) is 12.1 Å². The summed E-state index contributed by atoms with van der Waals surface area (Å²) in [6.07, 6.45) is -0.701. The summed E-state index contributed by atoms with van der Waals surface area (Å²) in [5.74, 6) is 0.724. The predicted octanol–water partition coefficient (Wildman–Crippen LogP) is 3.51. The molecule has 0 aliphatic carbocycles. The van der Waals surface area contributed by atoms with Crippen LogP contribution in [0.2, 0.25) is 0 Å². The second kappa shape index (κ2) is 7.24. The van der Waals surface area contributed by atoms with E-state index >= 15 is 0 Å². The highest BCUT2D eigenvalue weighted by Crippen LogP contribution is 2.28. The average molecular weight is 367 g/mol. The number of rotatable bonds is 6. The first kappa shape index (κ1) is 16.3. The molecule has 2 aromatic rings. The number of hydrogen-bond acceptors (Lipinski definition) is 5. The second-order valence-corrected chi connectivity index (χ2v) is 5.45. The molecule has 6 nitrogen and oxygen atoms in total. The van der Waals surface area contributed by atoms with Gasteiger partial charge in [-0.1, -0.05) is 12.1 Å². The van der Waals surface area contributed by atoms with Crippen molar-refractivity contribution in [1.82, 2.24) is 0 Å². The third-order valence-electron chi connectivity index (χ3n) is 3.15. The summed E-state index contributed by atoms with van der Waals surface area (Å²) in [5, 5.41) is 23.9. The summed E-state index contributed by atoms with van der Waals surface area (Å²) in [4.78, 5) is 10.2. The van der Waals surface area contributed by atoms with E-state index in [-0.39, 0.29) is 12.2 Å². The third-order valence-corrected chi connectivity index (χ3v) is 3.81. The first-order valence-electron chi connectivity index (χ1n) is 6.51. The van der Waals surface area contributed by atoms with E-state index in [0.717, 1.165) is 11.3 Å². The Labute approximate surface area is 136 Å². The lowest BCUT2D eigenvalue weighted by Gasteiger charge is -2.14. The van der Waals surface area contributed by atoms with Crippen LogP contribution < -0.4 is 10.1 Å². The first-order valence-corrected chi connectivity index (χ1v) is 7.30. The number of halogens is 1. The summed E-state index contributed by atoms with van der Waals surface area (Å²) in [6, 6.07) is 11.6. The Kier molecular flexibility index (Phi) is 5.35. The molecular formula is C15H15BrN2O4. The smallest absolute Gasteiger partial charge is 0.270 e. The zero-order valence-corrected chi connectivity index (χ0v) is 13.4. The number of nitro groups is 1. The van der Waals surface area contributed by atoms with Crippen LogP contribution in [0.15, 0.2) is 46.9 Å². The molecule has 1 unspecified atom stereocenters. The highest BCUT2D eigenvalue weighted by Gasteiger charge is 2.11. The van der Waals surface area contributed by atoms with Crippen LogP contribution in [-0.2, 0) is 0 Å². The maximum absolute atomic E-state index is 10.7. The molecule has 116 valence electrons. The fraction of sp³-hybridized carbons (Fsp3) is 0.200. The van der Waals surface area contributed by atoms with E-state index in [0.29, 0.717) is 10.2 Å². The molecule has 0 heterocycles. The van der Waals surface area contributed by atoms with Crippen LogP contribution in [0.25, 0.3) is 0 Å². The van der Waals surface area contributed by atoms with Crippen LogP contribution in [0.3, 0.4) is 0 Å². The Morgan fingerprint density at radius 3 is 2.55 bits per heavy atom. The van der Waals surface area contributed by atoms with E-state index in [1.807, 2.05) is 0 Å². The summed E-state index contributed by atoms with van der Waals surface area (Å²) < 4.78 is 5.64. The molecule has 0 aromatic heterocycles. The second-order valence-electron chi connectivity index (χ2n) is 4.59. The Morgan fingerprint density at radius 2 is 2.00 bits per heavy atom. The van der Waals surface area contributed by atoms with Gasteiger partial charge in [-0.15, -0.1) is 0 Å². The van der Waals surface area contributed by atoms with Crippen LogP contribution in [0.4, 0.5) is 11.4 Å². The van der Waals surface area contributed by atoms with Crippen molar-refractivity contribution in [2.45, 2.75) is 6.10 Å².